The molecule has 0 saturated carbocycles. The van der Waals surface area contributed by atoms with E-state index in [2.05, 4.69) is 16.0 Å². The van der Waals surface area contributed by atoms with Crippen LogP contribution < -0.4 is 16.0 Å². The molecule has 2 rings (SSSR count). The van der Waals surface area contributed by atoms with E-state index in [0.29, 0.717) is 5.69 Å². The summed E-state index contributed by atoms with van der Waals surface area (Å²) >= 11 is 0. The fraction of sp³-hybridized carbons (Fsp3) is 0.200. The zero-order chi connectivity index (χ0) is 14.5. The van der Waals surface area contributed by atoms with Crippen LogP contribution in [0.1, 0.15) is 6.92 Å². The van der Waals surface area contributed by atoms with Crippen LogP contribution in [-0.4, -0.2) is 25.0 Å². The molecule has 0 heterocycles. The number of hydrogen-bond acceptors (Lipinski definition) is 2. The third-order valence-electron chi connectivity index (χ3n) is 3.03. The second-order valence-electron chi connectivity index (χ2n) is 4.46. The van der Waals surface area contributed by atoms with Crippen molar-refractivity contribution in [2.75, 3.05) is 12.4 Å². The molecule has 2 aromatic carbocycles. The van der Waals surface area contributed by atoms with Crippen molar-refractivity contribution in [2.24, 2.45) is 0 Å². The fourth-order valence-electron chi connectivity index (χ4n) is 1.97. The van der Waals surface area contributed by atoms with Crippen molar-refractivity contribution >= 4 is 28.4 Å². The number of anilines is 1. The largest absolute Gasteiger partial charge is 0.357 e. The van der Waals surface area contributed by atoms with Crippen LogP contribution in [0.15, 0.2) is 42.5 Å². The Kier molecular flexibility index (Phi) is 4.20. The van der Waals surface area contributed by atoms with Gasteiger partial charge in [-0.05, 0) is 18.4 Å². The number of urea groups is 1. The average Bonchev–Trinajstić information content (AvgIpc) is 2.46. The second kappa shape index (κ2) is 6.06. The summed E-state index contributed by atoms with van der Waals surface area (Å²) in [6.45, 7) is 1.63. The Morgan fingerprint density at radius 3 is 2.50 bits per heavy atom. The van der Waals surface area contributed by atoms with Crippen LogP contribution in [0.25, 0.3) is 10.8 Å². The van der Waals surface area contributed by atoms with Gasteiger partial charge in [-0.2, -0.15) is 0 Å². The summed E-state index contributed by atoms with van der Waals surface area (Å²) in [5, 5.41) is 9.83. The van der Waals surface area contributed by atoms with E-state index in [1.54, 1.807) is 6.92 Å². The molecule has 0 aliphatic carbocycles. The Labute approximate surface area is 117 Å². The zero-order valence-electron chi connectivity index (χ0n) is 11.4. The Bertz CT molecular complexity index is 635. The average molecular weight is 271 g/mol. The van der Waals surface area contributed by atoms with Gasteiger partial charge in [-0.15, -0.1) is 0 Å². The first kappa shape index (κ1) is 13.9. The first-order valence-corrected chi connectivity index (χ1v) is 6.38. The number of carbonyl (C=O) groups excluding carboxylic acids is 2. The summed E-state index contributed by atoms with van der Waals surface area (Å²) in [5.41, 5.74) is 0.713. The van der Waals surface area contributed by atoms with Crippen molar-refractivity contribution in [3.05, 3.63) is 42.5 Å². The van der Waals surface area contributed by atoms with Crippen molar-refractivity contribution in [3.63, 3.8) is 0 Å². The lowest BCUT2D eigenvalue weighted by molar-refractivity contribution is -0.122. The van der Waals surface area contributed by atoms with E-state index in [1.165, 1.54) is 7.05 Å². The van der Waals surface area contributed by atoms with Gasteiger partial charge in [0.05, 0.1) is 5.69 Å². The number of amides is 3. The van der Waals surface area contributed by atoms with E-state index in [4.69, 9.17) is 0 Å². The highest BCUT2D eigenvalue weighted by atomic mass is 16.2. The topological polar surface area (TPSA) is 70.2 Å². The Balaban J connectivity index is 2.12. The van der Waals surface area contributed by atoms with Gasteiger partial charge in [-0.3, -0.25) is 4.79 Å². The normalized spacial score (nSPS) is 11.7. The van der Waals surface area contributed by atoms with Crippen molar-refractivity contribution in [1.29, 1.82) is 0 Å². The third kappa shape index (κ3) is 3.06. The van der Waals surface area contributed by atoms with Crippen molar-refractivity contribution in [3.8, 4) is 0 Å². The molecular formula is C15H17N3O2. The van der Waals surface area contributed by atoms with Crippen LogP contribution in [0.5, 0.6) is 0 Å². The predicted octanol–water partition coefficient (Wildman–Crippen LogP) is 2.10. The Morgan fingerprint density at radius 1 is 1.05 bits per heavy atom. The number of fused-ring (bicyclic) bond motifs is 1. The van der Waals surface area contributed by atoms with E-state index in [9.17, 15) is 9.59 Å². The molecule has 2 aromatic rings. The minimum atomic E-state index is -0.588. The van der Waals surface area contributed by atoms with Crippen LogP contribution in [-0.2, 0) is 4.79 Å². The summed E-state index contributed by atoms with van der Waals surface area (Å²) in [6.07, 6.45) is 0. The standard InChI is InChI=1S/C15H17N3O2/c1-10(14(19)16-2)17-15(20)18-13-9-5-7-11-6-3-4-8-12(11)13/h3-10H,1-2H3,(H,16,19)(H2,17,18,20)/t10-/m1/s1. The molecule has 20 heavy (non-hydrogen) atoms. The van der Waals surface area contributed by atoms with Crippen LogP contribution >= 0.6 is 0 Å². The molecule has 1 atom stereocenters. The number of benzene rings is 2. The van der Waals surface area contributed by atoms with E-state index in [0.717, 1.165) is 10.8 Å². The van der Waals surface area contributed by atoms with Crippen molar-refractivity contribution in [1.82, 2.24) is 10.6 Å². The third-order valence-corrected chi connectivity index (χ3v) is 3.03. The lowest BCUT2D eigenvalue weighted by Crippen LogP contribution is -2.45. The highest BCUT2D eigenvalue weighted by molar-refractivity contribution is 6.02. The van der Waals surface area contributed by atoms with E-state index in [-0.39, 0.29) is 5.91 Å². The van der Waals surface area contributed by atoms with Gasteiger partial charge < -0.3 is 16.0 Å². The second-order valence-corrected chi connectivity index (χ2v) is 4.46. The quantitative estimate of drug-likeness (QED) is 0.800. The molecule has 0 aliphatic heterocycles. The minimum absolute atomic E-state index is 0.238. The fourth-order valence-corrected chi connectivity index (χ4v) is 1.97. The lowest BCUT2D eigenvalue weighted by atomic mass is 10.1. The number of hydrogen-bond donors (Lipinski definition) is 3. The SMILES string of the molecule is CNC(=O)[C@@H](C)NC(=O)Nc1cccc2ccccc12. The number of carbonyl (C=O) groups is 2. The molecule has 5 heteroatoms. The molecule has 0 bridgehead atoms. The maximum absolute atomic E-state index is 11.9. The van der Waals surface area contributed by atoms with Gasteiger partial charge in [0.15, 0.2) is 0 Å². The van der Waals surface area contributed by atoms with Crippen LogP contribution in [0.2, 0.25) is 0 Å². The van der Waals surface area contributed by atoms with Gasteiger partial charge in [0, 0.05) is 12.4 Å². The van der Waals surface area contributed by atoms with Crippen LogP contribution in [0.4, 0.5) is 10.5 Å². The van der Waals surface area contributed by atoms with Gasteiger partial charge in [0.25, 0.3) is 0 Å². The van der Waals surface area contributed by atoms with E-state index in [1.807, 2.05) is 42.5 Å². The molecule has 3 N–H and O–H groups in total. The summed E-state index contributed by atoms with van der Waals surface area (Å²) in [7, 11) is 1.53. The summed E-state index contributed by atoms with van der Waals surface area (Å²) < 4.78 is 0. The molecule has 0 radical (unpaired) electrons. The molecule has 0 unspecified atom stereocenters. The van der Waals surface area contributed by atoms with Crippen LogP contribution in [0.3, 0.4) is 0 Å². The van der Waals surface area contributed by atoms with Gasteiger partial charge in [-0.25, -0.2) is 4.79 Å². The number of rotatable bonds is 3. The Morgan fingerprint density at radius 2 is 1.75 bits per heavy atom. The van der Waals surface area contributed by atoms with E-state index < -0.39 is 12.1 Å². The summed E-state index contributed by atoms with van der Waals surface area (Å²) in [5.74, 6) is -0.238. The van der Waals surface area contributed by atoms with Gasteiger partial charge in [-0.1, -0.05) is 36.4 Å². The molecule has 104 valence electrons. The molecule has 0 spiro atoms. The molecule has 0 fully saturated rings. The highest BCUT2D eigenvalue weighted by Gasteiger charge is 2.14. The molecule has 0 aromatic heterocycles. The molecule has 0 saturated heterocycles. The van der Waals surface area contributed by atoms with Crippen LogP contribution in [0, 0.1) is 0 Å². The van der Waals surface area contributed by atoms with Gasteiger partial charge in [0.1, 0.15) is 6.04 Å². The number of nitrogens with one attached hydrogen (secondary N) is 3. The monoisotopic (exact) mass is 271 g/mol. The zero-order valence-corrected chi connectivity index (χ0v) is 11.4. The highest BCUT2D eigenvalue weighted by Crippen LogP contribution is 2.22. The minimum Gasteiger partial charge on any atom is -0.357 e. The first-order chi connectivity index (χ1) is 9.61. The van der Waals surface area contributed by atoms with Crippen molar-refractivity contribution in [2.45, 2.75) is 13.0 Å². The maximum Gasteiger partial charge on any atom is 0.319 e. The van der Waals surface area contributed by atoms with Crippen molar-refractivity contribution < 1.29 is 9.59 Å². The van der Waals surface area contributed by atoms with Gasteiger partial charge in [0.2, 0.25) is 5.91 Å². The molecule has 5 nitrogen and oxygen atoms in total. The summed E-state index contributed by atoms with van der Waals surface area (Å²) in [4.78, 5) is 23.2. The molecule has 0 aliphatic rings. The Hall–Kier alpha value is -2.56. The first-order valence-electron chi connectivity index (χ1n) is 6.38. The molecular weight excluding hydrogens is 254 g/mol. The predicted molar refractivity (Wildman–Crippen MR) is 79.6 cm³/mol. The number of likely N-dealkylation sites (N-methyl/N-ethyl adjacent to an activating group) is 1. The van der Waals surface area contributed by atoms with Gasteiger partial charge >= 0.3 is 6.03 Å². The molecule has 3 amide bonds. The summed E-state index contributed by atoms with van der Waals surface area (Å²) in [6, 6.07) is 12.5. The lowest BCUT2D eigenvalue weighted by Gasteiger charge is -2.14. The maximum atomic E-state index is 11.9. The van der Waals surface area contributed by atoms with E-state index >= 15 is 0 Å². The smallest absolute Gasteiger partial charge is 0.319 e.